The van der Waals surface area contributed by atoms with Gasteiger partial charge in [-0.2, -0.15) is 8.78 Å². The van der Waals surface area contributed by atoms with Crippen molar-refractivity contribution in [2.45, 2.75) is 12.3 Å². The van der Waals surface area contributed by atoms with E-state index in [0.29, 0.717) is 19.0 Å². The second-order valence-corrected chi connectivity index (χ2v) is 4.70. The minimum Gasteiger partial charge on any atom is -0.330 e. The molecule has 0 spiro atoms. The number of nitrogens with zero attached hydrogens (tertiary/aromatic N) is 1. The molecule has 0 aromatic heterocycles. The number of hydrogen-bond donors (Lipinski definition) is 1. The van der Waals surface area contributed by atoms with Crippen LogP contribution < -0.4 is 5.73 Å². The second-order valence-electron chi connectivity index (χ2n) is 4.70. The maximum Gasteiger partial charge on any atom is 0.285 e. The molecule has 1 fully saturated rings. The van der Waals surface area contributed by atoms with Crippen LogP contribution in [0.3, 0.4) is 0 Å². The Bertz CT molecular complexity index is 354. The zero-order valence-corrected chi connectivity index (χ0v) is 9.78. The van der Waals surface area contributed by atoms with Crippen LogP contribution in [0.4, 0.5) is 8.78 Å². The molecule has 1 saturated heterocycles. The van der Waals surface area contributed by atoms with E-state index in [1.165, 1.54) is 12.1 Å². The molecule has 0 bridgehead atoms. The van der Waals surface area contributed by atoms with Crippen LogP contribution in [-0.2, 0) is 5.92 Å². The first-order chi connectivity index (χ1) is 8.12. The Kier molecular flexibility index (Phi) is 3.74. The number of alkyl halides is 2. The van der Waals surface area contributed by atoms with Crippen molar-refractivity contribution in [2.75, 3.05) is 26.2 Å². The Morgan fingerprint density at radius 1 is 1.29 bits per heavy atom. The monoisotopic (exact) mass is 240 g/mol. The third kappa shape index (κ3) is 3.01. The Morgan fingerprint density at radius 3 is 2.59 bits per heavy atom. The molecule has 1 heterocycles. The SMILES string of the molecule is NCC1CCN(CC(F)(F)c2ccccc2)C1. The van der Waals surface area contributed by atoms with Crippen molar-refractivity contribution in [2.24, 2.45) is 11.7 Å². The number of benzene rings is 1. The summed E-state index contributed by atoms with van der Waals surface area (Å²) < 4.78 is 27.9. The quantitative estimate of drug-likeness (QED) is 0.873. The van der Waals surface area contributed by atoms with E-state index in [4.69, 9.17) is 5.73 Å². The van der Waals surface area contributed by atoms with E-state index >= 15 is 0 Å². The van der Waals surface area contributed by atoms with Crippen LogP contribution in [0.1, 0.15) is 12.0 Å². The lowest BCUT2D eigenvalue weighted by Gasteiger charge is -2.23. The van der Waals surface area contributed by atoms with Crippen LogP contribution >= 0.6 is 0 Å². The Labute approximate surface area is 100 Å². The predicted octanol–water partition coefficient (Wildman–Crippen LogP) is 2.06. The fourth-order valence-electron chi connectivity index (χ4n) is 2.30. The summed E-state index contributed by atoms with van der Waals surface area (Å²) in [5.41, 5.74) is 5.65. The molecule has 1 aromatic carbocycles. The highest BCUT2D eigenvalue weighted by Crippen LogP contribution is 2.30. The van der Waals surface area contributed by atoms with Crippen LogP contribution in [0.2, 0.25) is 0 Å². The van der Waals surface area contributed by atoms with Crippen LogP contribution in [-0.4, -0.2) is 31.1 Å². The summed E-state index contributed by atoms with van der Waals surface area (Å²) in [5.74, 6) is -2.40. The van der Waals surface area contributed by atoms with E-state index in [9.17, 15) is 8.78 Å². The first-order valence-corrected chi connectivity index (χ1v) is 5.97. The standard InChI is InChI=1S/C13H18F2N2/c14-13(15,12-4-2-1-3-5-12)10-17-7-6-11(8-16)9-17/h1-5,11H,6-10,16H2. The minimum atomic E-state index is -2.77. The molecule has 0 amide bonds. The van der Waals surface area contributed by atoms with Crippen LogP contribution in [0.5, 0.6) is 0 Å². The van der Waals surface area contributed by atoms with E-state index in [-0.39, 0.29) is 12.1 Å². The van der Waals surface area contributed by atoms with Gasteiger partial charge in [-0.1, -0.05) is 30.3 Å². The molecule has 2 rings (SSSR count). The van der Waals surface area contributed by atoms with E-state index in [0.717, 1.165) is 13.0 Å². The lowest BCUT2D eigenvalue weighted by molar-refractivity contribution is -0.0334. The van der Waals surface area contributed by atoms with Crippen molar-refractivity contribution in [1.82, 2.24) is 4.90 Å². The highest BCUT2D eigenvalue weighted by Gasteiger charge is 2.35. The van der Waals surface area contributed by atoms with Crippen molar-refractivity contribution < 1.29 is 8.78 Å². The third-order valence-corrected chi connectivity index (χ3v) is 3.32. The molecule has 0 radical (unpaired) electrons. The van der Waals surface area contributed by atoms with Crippen molar-refractivity contribution >= 4 is 0 Å². The number of likely N-dealkylation sites (tertiary alicyclic amines) is 1. The van der Waals surface area contributed by atoms with Crippen molar-refractivity contribution in [3.63, 3.8) is 0 Å². The van der Waals surface area contributed by atoms with Gasteiger partial charge >= 0.3 is 0 Å². The van der Waals surface area contributed by atoms with E-state index in [1.807, 2.05) is 4.90 Å². The molecule has 1 atom stereocenters. The van der Waals surface area contributed by atoms with Gasteiger partial charge in [0.2, 0.25) is 0 Å². The van der Waals surface area contributed by atoms with Gasteiger partial charge < -0.3 is 5.73 Å². The third-order valence-electron chi connectivity index (χ3n) is 3.32. The molecule has 2 N–H and O–H groups in total. The van der Waals surface area contributed by atoms with Crippen molar-refractivity contribution in [3.05, 3.63) is 35.9 Å². The van der Waals surface area contributed by atoms with Gasteiger partial charge in [-0.25, -0.2) is 0 Å². The summed E-state index contributed by atoms with van der Waals surface area (Å²) >= 11 is 0. The maximum absolute atomic E-state index is 14.0. The highest BCUT2D eigenvalue weighted by molar-refractivity contribution is 5.20. The fourth-order valence-corrected chi connectivity index (χ4v) is 2.30. The average molecular weight is 240 g/mol. The molecule has 17 heavy (non-hydrogen) atoms. The van der Waals surface area contributed by atoms with Gasteiger partial charge in [-0.3, -0.25) is 4.90 Å². The van der Waals surface area contributed by atoms with E-state index < -0.39 is 5.92 Å². The zero-order chi connectivity index (χ0) is 12.3. The number of halogens is 2. The summed E-state index contributed by atoms with van der Waals surface area (Å²) in [5, 5.41) is 0. The molecule has 2 nitrogen and oxygen atoms in total. The van der Waals surface area contributed by atoms with Gasteiger partial charge in [-0.05, 0) is 25.4 Å². The van der Waals surface area contributed by atoms with Gasteiger partial charge in [-0.15, -0.1) is 0 Å². The van der Waals surface area contributed by atoms with Crippen molar-refractivity contribution in [1.29, 1.82) is 0 Å². The molecule has 0 saturated carbocycles. The largest absolute Gasteiger partial charge is 0.330 e. The second kappa shape index (κ2) is 5.10. The molecule has 4 heteroatoms. The number of nitrogens with two attached hydrogens (primary N) is 1. The maximum atomic E-state index is 14.0. The predicted molar refractivity (Wildman–Crippen MR) is 63.9 cm³/mol. The van der Waals surface area contributed by atoms with Crippen LogP contribution in [0.25, 0.3) is 0 Å². The first-order valence-electron chi connectivity index (χ1n) is 5.97. The molecule has 1 unspecified atom stereocenters. The summed E-state index contributed by atoms with van der Waals surface area (Å²) in [4.78, 5) is 1.81. The van der Waals surface area contributed by atoms with Crippen LogP contribution in [0, 0.1) is 5.92 Å². The molecular weight excluding hydrogens is 222 g/mol. The lowest BCUT2D eigenvalue weighted by Crippen LogP contribution is -2.34. The molecule has 1 aliphatic heterocycles. The average Bonchev–Trinajstić information content (AvgIpc) is 2.77. The summed E-state index contributed by atoms with van der Waals surface area (Å²) in [6.45, 7) is 1.81. The van der Waals surface area contributed by atoms with E-state index in [1.54, 1.807) is 18.2 Å². The molecule has 0 aliphatic carbocycles. The number of hydrogen-bond acceptors (Lipinski definition) is 2. The minimum absolute atomic E-state index is 0.0937. The topological polar surface area (TPSA) is 29.3 Å². The normalized spacial score (nSPS) is 21.9. The zero-order valence-electron chi connectivity index (χ0n) is 9.78. The Morgan fingerprint density at radius 2 is 2.00 bits per heavy atom. The molecule has 1 aliphatic rings. The Balaban J connectivity index is 1.98. The van der Waals surface area contributed by atoms with Gasteiger partial charge in [0.05, 0.1) is 6.54 Å². The first kappa shape index (κ1) is 12.5. The van der Waals surface area contributed by atoms with E-state index in [2.05, 4.69) is 0 Å². The summed E-state index contributed by atoms with van der Waals surface area (Å²) in [6, 6.07) is 8.01. The van der Waals surface area contributed by atoms with Gasteiger partial charge in [0.1, 0.15) is 0 Å². The summed E-state index contributed by atoms with van der Waals surface area (Å²) in [7, 11) is 0. The van der Waals surface area contributed by atoms with Crippen molar-refractivity contribution in [3.8, 4) is 0 Å². The van der Waals surface area contributed by atoms with Gasteiger partial charge in [0.15, 0.2) is 0 Å². The smallest absolute Gasteiger partial charge is 0.285 e. The highest BCUT2D eigenvalue weighted by atomic mass is 19.3. The lowest BCUT2D eigenvalue weighted by atomic mass is 10.1. The summed E-state index contributed by atoms with van der Waals surface area (Å²) in [6.07, 6.45) is 0.932. The molecule has 1 aromatic rings. The van der Waals surface area contributed by atoms with Gasteiger partial charge in [0.25, 0.3) is 5.92 Å². The fraction of sp³-hybridized carbons (Fsp3) is 0.538. The molecule has 94 valence electrons. The van der Waals surface area contributed by atoms with Crippen LogP contribution in [0.15, 0.2) is 30.3 Å². The Hall–Kier alpha value is -1.00. The number of rotatable bonds is 4. The van der Waals surface area contributed by atoms with Gasteiger partial charge in [0, 0.05) is 12.1 Å². The molecular formula is C13H18F2N2.